The highest BCUT2D eigenvalue weighted by atomic mass is 16.5. The summed E-state index contributed by atoms with van der Waals surface area (Å²) in [6.45, 7) is 4.23. The molecule has 0 aliphatic heterocycles. The van der Waals surface area contributed by atoms with Crippen molar-refractivity contribution in [3.8, 4) is 5.88 Å². The Morgan fingerprint density at radius 1 is 1.44 bits per heavy atom. The van der Waals surface area contributed by atoms with Crippen molar-refractivity contribution < 1.29 is 9.47 Å². The number of ether oxygens (including phenoxy) is 2. The molecular weight excluding hydrogens is 208 g/mol. The Morgan fingerprint density at radius 3 is 2.94 bits per heavy atom. The second-order valence-corrected chi connectivity index (χ2v) is 3.13. The fourth-order valence-corrected chi connectivity index (χ4v) is 1.17. The summed E-state index contributed by atoms with van der Waals surface area (Å²) in [4.78, 5) is 7.92. The molecule has 1 aromatic rings. The summed E-state index contributed by atoms with van der Waals surface area (Å²) in [5.74, 6) is 1.33. The lowest BCUT2D eigenvalue weighted by atomic mass is 10.4. The van der Waals surface area contributed by atoms with Crippen molar-refractivity contribution >= 4 is 11.8 Å². The molecule has 6 nitrogen and oxygen atoms in total. The maximum atomic E-state index is 5.52. The van der Waals surface area contributed by atoms with E-state index in [1.165, 1.54) is 0 Å². The average molecular weight is 226 g/mol. The van der Waals surface area contributed by atoms with E-state index in [-0.39, 0.29) is 5.95 Å². The van der Waals surface area contributed by atoms with Crippen molar-refractivity contribution in [1.29, 1.82) is 0 Å². The molecule has 0 unspecified atom stereocenters. The van der Waals surface area contributed by atoms with E-state index in [0.29, 0.717) is 11.7 Å². The normalized spacial score (nSPS) is 10.1. The maximum absolute atomic E-state index is 5.52. The van der Waals surface area contributed by atoms with Crippen LogP contribution >= 0.6 is 0 Å². The zero-order valence-electron chi connectivity index (χ0n) is 9.69. The van der Waals surface area contributed by atoms with Crippen molar-refractivity contribution in [2.75, 3.05) is 37.9 Å². The summed E-state index contributed by atoms with van der Waals surface area (Å²) >= 11 is 0. The maximum Gasteiger partial charge on any atom is 0.225 e. The third-order valence-corrected chi connectivity index (χ3v) is 1.90. The number of methoxy groups -OCH3 is 1. The first kappa shape index (κ1) is 12.5. The quantitative estimate of drug-likeness (QED) is 0.672. The Morgan fingerprint density at radius 2 is 2.25 bits per heavy atom. The number of aromatic nitrogens is 2. The summed E-state index contributed by atoms with van der Waals surface area (Å²) in [5, 5.41) is 3.13. The fourth-order valence-electron chi connectivity index (χ4n) is 1.17. The lowest BCUT2D eigenvalue weighted by molar-refractivity contribution is 0.147. The van der Waals surface area contributed by atoms with E-state index >= 15 is 0 Å². The third-order valence-electron chi connectivity index (χ3n) is 1.90. The number of nitrogens with zero attached hydrogens (tertiary/aromatic N) is 2. The number of rotatable bonds is 7. The molecule has 0 saturated heterocycles. The SMILES string of the molecule is CCOCCCNc1cc(OC)nc(N)n1. The van der Waals surface area contributed by atoms with Crippen LogP contribution in [0, 0.1) is 0 Å². The van der Waals surface area contributed by atoms with Gasteiger partial charge in [0.2, 0.25) is 11.8 Å². The second kappa shape index (κ2) is 6.84. The topological polar surface area (TPSA) is 82.3 Å². The van der Waals surface area contributed by atoms with Gasteiger partial charge in [-0.2, -0.15) is 9.97 Å². The predicted octanol–water partition coefficient (Wildman–Crippen LogP) is 0.906. The van der Waals surface area contributed by atoms with Gasteiger partial charge in [0.1, 0.15) is 5.82 Å². The van der Waals surface area contributed by atoms with Crippen LogP contribution in [0.1, 0.15) is 13.3 Å². The van der Waals surface area contributed by atoms with Gasteiger partial charge in [-0.05, 0) is 13.3 Å². The molecule has 16 heavy (non-hydrogen) atoms. The van der Waals surface area contributed by atoms with Gasteiger partial charge < -0.3 is 20.5 Å². The Labute approximate surface area is 95.2 Å². The summed E-state index contributed by atoms with van der Waals surface area (Å²) in [7, 11) is 1.54. The van der Waals surface area contributed by atoms with Crippen LogP contribution in [-0.2, 0) is 4.74 Å². The molecule has 6 heteroatoms. The van der Waals surface area contributed by atoms with Crippen LogP contribution in [0.25, 0.3) is 0 Å². The minimum absolute atomic E-state index is 0.201. The first-order valence-electron chi connectivity index (χ1n) is 5.26. The van der Waals surface area contributed by atoms with Gasteiger partial charge in [0.15, 0.2) is 0 Å². The summed E-state index contributed by atoms with van der Waals surface area (Å²) < 4.78 is 10.2. The van der Waals surface area contributed by atoms with E-state index in [1.807, 2.05) is 6.92 Å². The minimum Gasteiger partial charge on any atom is -0.481 e. The molecule has 1 heterocycles. The van der Waals surface area contributed by atoms with Crippen LogP contribution in [0.2, 0.25) is 0 Å². The molecule has 0 amide bonds. The molecule has 3 N–H and O–H groups in total. The third kappa shape index (κ3) is 4.31. The van der Waals surface area contributed by atoms with Gasteiger partial charge in [-0.1, -0.05) is 0 Å². The second-order valence-electron chi connectivity index (χ2n) is 3.13. The Bertz CT molecular complexity index is 320. The van der Waals surface area contributed by atoms with Crippen LogP contribution in [0.5, 0.6) is 5.88 Å². The summed E-state index contributed by atoms with van der Waals surface area (Å²) in [5.41, 5.74) is 5.52. The number of hydrogen-bond acceptors (Lipinski definition) is 6. The Kier molecular flexibility index (Phi) is 5.35. The molecule has 1 aromatic heterocycles. The van der Waals surface area contributed by atoms with Crippen molar-refractivity contribution in [2.45, 2.75) is 13.3 Å². The van der Waals surface area contributed by atoms with Crippen LogP contribution < -0.4 is 15.8 Å². The van der Waals surface area contributed by atoms with Gasteiger partial charge in [-0.25, -0.2) is 0 Å². The number of nitrogens with one attached hydrogen (secondary N) is 1. The molecule has 0 spiro atoms. The van der Waals surface area contributed by atoms with Crippen molar-refractivity contribution in [3.05, 3.63) is 6.07 Å². The highest BCUT2D eigenvalue weighted by Gasteiger charge is 2.01. The number of hydrogen-bond donors (Lipinski definition) is 2. The van der Waals surface area contributed by atoms with E-state index in [1.54, 1.807) is 13.2 Å². The molecular formula is C10H18N4O2. The monoisotopic (exact) mass is 226 g/mol. The fraction of sp³-hybridized carbons (Fsp3) is 0.600. The van der Waals surface area contributed by atoms with Crippen LogP contribution in [-0.4, -0.2) is 36.8 Å². The van der Waals surface area contributed by atoms with Crippen molar-refractivity contribution in [2.24, 2.45) is 0 Å². The molecule has 0 bridgehead atoms. The zero-order chi connectivity index (χ0) is 11.8. The van der Waals surface area contributed by atoms with Crippen molar-refractivity contribution in [1.82, 2.24) is 9.97 Å². The highest BCUT2D eigenvalue weighted by molar-refractivity contribution is 5.42. The van der Waals surface area contributed by atoms with E-state index in [2.05, 4.69) is 15.3 Å². The van der Waals surface area contributed by atoms with E-state index in [4.69, 9.17) is 15.2 Å². The van der Waals surface area contributed by atoms with Gasteiger partial charge in [0, 0.05) is 25.8 Å². The molecule has 0 saturated carbocycles. The van der Waals surface area contributed by atoms with Gasteiger partial charge in [0.25, 0.3) is 0 Å². The van der Waals surface area contributed by atoms with Gasteiger partial charge in [-0.3, -0.25) is 0 Å². The Hall–Kier alpha value is -1.56. The summed E-state index contributed by atoms with van der Waals surface area (Å²) in [6.07, 6.45) is 0.917. The molecule has 0 aliphatic rings. The first-order chi connectivity index (χ1) is 7.76. The molecule has 0 radical (unpaired) electrons. The molecule has 0 aliphatic carbocycles. The Balaban J connectivity index is 2.38. The number of nitrogen functional groups attached to an aromatic ring is 1. The van der Waals surface area contributed by atoms with Gasteiger partial charge >= 0.3 is 0 Å². The first-order valence-corrected chi connectivity index (χ1v) is 5.26. The van der Waals surface area contributed by atoms with E-state index in [0.717, 1.165) is 26.2 Å². The smallest absolute Gasteiger partial charge is 0.225 e. The largest absolute Gasteiger partial charge is 0.481 e. The predicted molar refractivity (Wildman–Crippen MR) is 62.6 cm³/mol. The van der Waals surface area contributed by atoms with E-state index < -0.39 is 0 Å². The average Bonchev–Trinajstić information content (AvgIpc) is 2.28. The lowest BCUT2D eigenvalue weighted by Crippen LogP contribution is -2.08. The standard InChI is InChI=1S/C10H18N4O2/c1-3-16-6-4-5-12-8-7-9(15-2)14-10(11)13-8/h7H,3-6H2,1-2H3,(H3,11,12,13,14). The van der Waals surface area contributed by atoms with Gasteiger partial charge in [0.05, 0.1) is 7.11 Å². The van der Waals surface area contributed by atoms with Crippen LogP contribution in [0.4, 0.5) is 11.8 Å². The molecule has 0 fully saturated rings. The molecule has 1 rings (SSSR count). The number of nitrogens with two attached hydrogens (primary N) is 1. The van der Waals surface area contributed by atoms with Crippen LogP contribution in [0.15, 0.2) is 6.07 Å². The highest BCUT2D eigenvalue weighted by Crippen LogP contribution is 2.13. The van der Waals surface area contributed by atoms with Crippen LogP contribution in [0.3, 0.4) is 0 Å². The zero-order valence-corrected chi connectivity index (χ0v) is 9.69. The summed E-state index contributed by atoms with van der Waals surface area (Å²) in [6, 6.07) is 1.71. The van der Waals surface area contributed by atoms with Crippen molar-refractivity contribution in [3.63, 3.8) is 0 Å². The molecule has 0 atom stereocenters. The minimum atomic E-state index is 0.201. The van der Waals surface area contributed by atoms with Gasteiger partial charge in [-0.15, -0.1) is 0 Å². The molecule has 90 valence electrons. The van der Waals surface area contributed by atoms with E-state index in [9.17, 15) is 0 Å². The number of anilines is 2. The lowest BCUT2D eigenvalue weighted by Gasteiger charge is -2.07. The molecule has 0 aromatic carbocycles.